The first kappa shape index (κ1) is 38.4. The first-order chi connectivity index (χ1) is 23.3. The average molecular weight is 665 g/mol. The van der Waals surface area contributed by atoms with E-state index in [1.54, 1.807) is 18.4 Å². The van der Waals surface area contributed by atoms with Crippen molar-refractivity contribution in [1.82, 2.24) is 0 Å². The number of unbranched alkanes of at least 4 members (excludes halogenated alkanes) is 6. The molecule has 0 spiro atoms. The van der Waals surface area contributed by atoms with Crippen LogP contribution in [0.15, 0.2) is 52.8 Å². The molecule has 254 valence electrons. The highest BCUT2D eigenvalue weighted by atomic mass is 32.1. The molecule has 2 aromatic rings. The van der Waals surface area contributed by atoms with Crippen LogP contribution in [-0.4, -0.2) is 32.4 Å². The number of benzene rings is 1. The number of ether oxygens (including phenoxy) is 2. The molecule has 7 heteroatoms. The van der Waals surface area contributed by atoms with E-state index in [0.29, 0.717) is 12.2 Å². The Balaban J connectivity index is 2.08. The van der Waals surface area contributed by atoms with E-state index in [4.69, 9.17) is 9.47 Å². The van der Waals surface area contributed by atoms with Crippen molar-refractivity contribution in [1.29, 1.82) is 15.8 Å². The highest BCUT2D eigenvalue weighted by Gasteiger charge is 2.38. The van der Waals surface area contributed by atoms with Crippen LogP contribution < -0.4 is 4.90 Å². The van der Waals surface area contributed by atoms with E-state index in [-0.39, 0.29) is 16.9 Å². The summed E-state index contributed by atoms with van der Waals surface area (Å²) < 4.78 is 11.3. The Morgan fingerprint density at radius 1 is 0.833 bits per heavy atom. The normalized spacial score (nSPS) is 13.9. The van der Waals surface area contributed by atoms with E-state index in [0.717, 1.165) is 44.3 Å². The lowest BCUT2D eigenvalue weighted by Gasteiger charge is -2.22. The molecule has 0 aliphatic carbocycles. The van der Waals surface area contributed by atoms with Gasteiger partial charge in [0.05, 0.1) is 6.61 Å². The molecule has 0 bridgehead atoms. The molecular formula is C41H52N4O2S. The largest absolute Gasteiger partial charge is 0.480 e. The van der Waals surface area contributed by atoms with Crippen LogP contribution in [0.1, 0.15) is 112 Å². The van der Waals surface area contributed by atoms with Crippen molar-refractivity contribution in [2.45, 2.75) is 104 Å². The van der Waals surface area contributed by atoms with Gasteiger partial charge in [-0.3, -0.25) is 0 Å². The maximum atomic E-state index is 10.1. The predicted molar refractivity (Wildman–Crippen MR) is 200 cm³/mol. The zero-order valence-corrected chi connectivity index (χ0v) is 30.6. The van der Waals surface area contributed by atoms with Crippen LogP contribution in [0.2, 0.25) is 0 Å². The van der Waals surface area contributed by atoms with Gasteiger partial charge in [-0.15, -0.1) is 11.3 Å². The summed E-state index contributed by atoms with van der Waals surface area (Å²) in [5, 5.41) is 29.1. The summed E-state index contributed by atoms with van der Waals surface area (Å²) >= 11 is 1.80. The molecule has 1 aliphatic heterocycles. The number of rotatable bonds is 19. The summed E-state index contributed by atoms with van der Waals surface area (Å²) in [6, 6.07) is 14.7. The highest BCUT2D eigenvalue weighted by Crippen LogP contribution is 2.41. The van der Waals surface area contributed by atoms with Gasteiger partial charge in [-0.05, 0) is 87.4 Å². The van der Waals surface area contributed by atoms with Crippen LogP contribution in [0.5, 0.6) is 0 Å². The molecule has 0 saturated carbocycles. The van der Waals surface area contributed by atoms with E-state index < -0.39 is 5.60 Å². The van der Waals surface area contributed by atoms with Gasteiger partial charge in [-0.2, -0.15) is 15.8 Å². The van der Waals surface area contributed by atoms with Crippen molar-refractivity contribution < 1.29 is 9.47 Å². The molecule has 3 rings (SSSR count). The van der Waals surface area contributed by atoms with E-state index in [1.165, 1.54) is 65.1 Å². The van der Waals surface area contributed by atoms with Crippen molar-refractivity contribution >= 4 is 35.3 Å². The van der Waals surface area contributed by atoms with Crippen molar-refractivity contribution in [3.63, 3.8) is 0 Å². The fourth-order valence-electron chi connectivity index (χ4n) is 6.09. The quantitative estimate of drug-likeness (QED) is 0.110. The standard InChI is InChI=1S/C41H52N4O2S/c1-7-10-12-14-16-34-35(17-15-13-11-8-2)39(25-23-37-36(30-44)40(32(28-42)29-43)47-41(37,4)5)48-38(34)24-20-31-18-21-33(22-19-31)45(9-3)26-27-46-6/h18-25H,7-17,26-27H2,1-6H3. The third-order valence-electron chi connectivity index (χ3n) is 8.84. The van der Waals surface area contributed by atoms with Crippen LogP contribution in [0, 0.1) is 34.0 Å². The van der Waals surface area contributed by atoms with E-state index in [2.05, 4.69) is 74.2 Å². The molecule has 48 heavy (non-hydrogen) atoms. The molecule has 0 unspecified atom stereocenters. The van der Waals surface area contributed by atoms with Crippen LogP contribution in [0.25, 0.3) is 18.2 Å². The lowest BCUT2D eigenvalue weighted by Crippen LogP contribution is -2.26. The Hall–Kier alpha value is -4.09. The van der Waals surface area contributed by atoms with Gasteiger partial charge >= 0.3 is 0 Å². The van der Waals surface area contributed by atoms with Gasteiger partial charge in [0, 0.05) is 41.2 Å². The van der Waals surface area contributed by atoms with Gasteiger partial charge in [0.15, 0.2) is 11.3 Å². The Morgan fingerprint density at radius 3 is 1.92 bits per heavy atom. The molecule has 0 saturated heterocycles. The van der Waals surface area contributed by atoms with Gasteiger partial charge in [0.25, 0.3) is 0 Å². The molecule has 6 nitrogen and oxygen atoms in total. The Morgan fingerprint density at radius 2 is 1.42 bits per heavy atom. The van der Waals surface area contributed by atoms with E-state index in [1.807, 2.05) is 32.1 Å². The first-order valence-corrected chi connectivity index (χ1v) is 18.3. The summed E-state index contributed by atoms with van der Waals surface area (Å²) in [7, 11) is 1.74. The maximum Gasteiger partial charge on any atom is 0.172 e. The Kier molecular flexibility index (Phi) is 15.7. The molecule has 1 aromatic carbocycles. The van der Waals surface area contributed by atoms with Crippen LogP contribution in [0.3, 0.4) is 0 Å². The summed E-state index contributed by atoms with van der Waals surface area (Å²) in [4.78, 5) is 4.80. The molecule has 1 aromatic heterocycles. The molecule has 0 fully saturated rings. The van der Waals surface area contributed by atoms with E-state index in [9.17, 15) is 15.8 Å². The fraction of sp³-hybridized carbons (Fsp3) is 0.488. The summed E-state index contributed by atoms with van der Waals surface area (Å²) in [6.07, 6.45) is 20.2. The second-order valence-corrected chi connectivity index (χ2v) is 13.8. The number of methoxy groups -OCH3 is 1. The Labute approximate surface area is 293 Å². The molecule has 1 aliphatic rings. The van der Waals surface area contributed by atoms with Gasteiger partial charge < -0.3 is 14.4 Å². The molecule has 2 heterocycles. The van der Waals surface area contributed by atoms with Crippen LogP contribution in [-0.2, 0) is 22.3 Å². The third-order valence-corrected chi connectivity index (χ3v) is 10.0. The van der Waals surface area contributed by atoms with Crippen molar-refractivity contribution in [2.75, 3.05) is 31.7 Å². The molecule has 0 atom stereocenters. The lowest BCUT2D eigenvalue weighted by molar-refractivity contribution is 0.0954. The monoisotopic (exact) mass is 664 g/mol. The van der Waals surface area contributed by atoms with Crippen molar-refractivity contribution in [3.05, 3.63) is 79.3 Å². The lowest BCUT2D eigenvalue weighted by atomic mass is 9.93. The summed E-state index contributed by atoms with van der Waals surface area (Å²) in [6.45, 7) is 12.9. The minimum atomic E-state index is -0.844. The topological polar surface area (TPSA) is 93.1 Å². The van der Waals surface area contributed by atoms with Gasteiger partial charge in [0.2, 0.25) is 0 Å². The Bertz CT molecular complexity index is 1590. The number of likely N-dealkylation sites (N-methyl/N-ethyl adjacent to an activating group) is 1. The molecule has 0 N–H and O–H groups in total. The minimum absolute atomic E-state index is 0.0742. The smallest absolute Gasteiger partial charge is 0.172 e. The number of nitrogens with zero attached hydrogens (tertiary/aromatic N) is 4. The average Bonchev–Trinajstić information content (AvgIpc) is 3.55. The zero-order valence-electron chi connectivity index (χ0n) is 29.8. The van der Waals surface area contributed by atoms with E-state index >= 15 is 0 Å². The SMILES string of the molecule is CCCCCCc1c(C=CC2=C(C#N)C(=C(C#N)C#N)OC2(C)C)sc(C=Cc2ccc(N(CC)CCOC)cc2)c1CCCCCC. The predicted octanol–water partition coefficient (Wildman–Crippen LogP) is 10.6. The number of thiophene rings is 1. The molecular weight excluding hydrogens is 613 g/mol. The van der Waals surface area contributed by atoms with Crippen LogP contribution >= 0.6 is 11.3 Å². The number of allylic oxidation sites excluding steroid dienone is 2. The maximum absolute atomic E-state index is 10.1. The summed E-state index contributed by atoms with van der Waals surface area (Å²) in [5.41, 5.74) is 5.10. The second-order valence-electron chi connectivity index (χ2n) is 12.7. The van der Waals surface area contributed by atoms with Crippen LogP contribution in [0.4, 0.5) is 5.69 Å². The first-order valence-electron chi connectivity index (χ1n) is 17.5. The van der Waals surface area contributed by atoms with Gasteiger partial charge in [0.1, 0.15) is 29.4 Å². The van der Waals surface area contributed by atoms with Crippen molar-refractivity contribution in [2.24, 2.45) is 0 Å². The summed E-state index contributed by atoms with van der Waals surface area (Å²) in [5.74, 6) is 0.0742. The number of hydrogen-bond acceptors (Lipinski definition) is 7. The highest BCUT2D eigenvalue weighted by molar-refractivity contribution is 7.14. The molecule has 0 radical (unpaired) electrons. The van der Waals surface area contributed by atoms with Gasteiger partial charge in [-0.1, -0.05) is 76.7 Å². The molecule has 0 amide bonds. The van der Waals surface area contributed by atoms with Gasteiger partial charge in [-0.25, -0.2) is 0 Å². The second kappa shape index (κ2) is 19.7. The number of anilines is 1. The zero-order chi connectivity index (χ0) is 34.9. The minimum Gasteiger partial charge on any atom is -0.480 e. The fourth-order valence-corrected chi connectivity index (χ4v) is 7.30. The number of hydrogen-bond donors (Lipinski definition) is 0. The third kappa shape index (κ3) is 10.2. The number of nitriles is 3. The van der Waals surface area contributed by atoms with Crippen molar-refractivity contribution in [3.8, 4) is 18.2 Å².